The lowest BCUT2D eigenvalue weighted by Crippen LogP contribution is -2.30. The summed E-state index contributed by atoms with van der Waals surface area (Å²) in [7, 11) is 0. The molecule has 4 nitrogen and oxygen atoms in total. The maximum absolute atomic E-state index is 9.94. The second kappa shape index (κ2) is 3.80. The largest absolute Gasteiger partial charge is 0.388 e. The molecule has 0 bridgehead atoms. The van der Waals surface area contributed by atoms with Crippen LogP contribution < -0.4 is 0 Å². The van der Waals surface area contributed by atoms with Crippen LogP contribution in [0.15, 0.2) is 12.2 Å². The molecule has 1 unspecified atom stereocenters. The van der Waals surface area contributed by atoms with Crippen molar-refractivity contribution in [3.8, 4) is 0 Å². The second-order valence-electron chi connectivity index (χ2n) is 2.81. The Hall–Kier alpha value is -0.710. The van der Waals surface area contributed by atoms with Crippen molar-refractivity contribution in [3.63, 3.8) is 0 Å². The van der Waals surface area contributed by atoms with E-state index < -0.39 is 18.3 Å². The van der Waals surface area contributed by atoms with Crippen molar-refractivity contribution >= 4 is 6.29 Å². The van der Waals surface area contributed by atoms with E-state index in [0.29, 0.717) is 6.29 Å². The van der Waals surface area contributed by atoms with Gasteiger partial charge in [0.05, 0.1) is 6.10 Å². The topological polar surface area (TPSA) is 66.8 Å². The molecule has 4 atom stereocenters. The lowest BCUT2D eigenvalue weighted by atomic mass is 10.1. The summed E-state index contributed by atoms with van der Waals surface area (Å²) in [6.07, 6.45) is 0.526. The molecule has 68 valence electrons. The molecule has 12 heavy (non-hydrogen) atoms. The van der Waals surface area contributed by atoms with E-state index in [1.807, 2.05) is 0 Å². The van der Waals surface area contributed by atoms with Crippen LogP contribution >= 0.6 is 0 Å². The summed E-state index contributed by atoms with van der Waals surface area (Å²) in [6, 6.07) is 0. The van der Waals surface area contributed by atoms with Crippen molar-refractivity contribution in [2.24, 2.45) is 0 Å². The molecule has 0 aromatic rings. The molecule has 1 rings (SSSR count). The zero-order valence-electron chi connectivity index (χ0n) is 6.75. The van der Waals surface area contributed by atoms with Crippen LogP contribution in [0, 0.1) is 0 Å². The molecule has 1 saturated heterocycles. The van der Waals surface area contributed by atoms with Crippen molar-refractivity contribution in [1.29, 1.82) is 0 Å². The fourth-order valence-electron chi connectivity index (χ4n) is 1.19. The SMILES string of the molecule is C[C@@H]1O[C@H](/C=C/C=O)[C@H](O)C1O. The van der Waals surface area contributed by atoms with Gasteiger partial charge in [-0.15, -0.1) is 0 Å². The van der Waals surface area contributed by atoms with Crippen LogP contribution in [0.3, 0.4) is 0 Å². The maximum atomic E-state index is 9.94. The Labute approximate surface area is 70.5 Å². The summed E-state index contributed by atoms with van der Waals surface area (Å²) >= 11 is 0. The average Bonchev–Trinajstić information content (AvgIpc) is 2.30. The molecular formula is C8H12O4. The van der Waals surface area contributed by atoms with Gasteiger partial charge in [0.2, 0.25) is 0 Å². The van der Waals surface area contributed by atoms with Crippen LogP contribution in [-0.2, 0) is 9.53 Å². The molecule has 2 N–H and O–H groups in total. The summed E-state index contributed by atoms with van der Waals surface area (Å²) in [5.41, 5.74) is 0. The first-order valence-corrected chi connectivity index (χ1v) is 3.80. The van der Waals surface area contributed by atoms with E-state index in [2.05, 4.69) is 0 Å². The van der Waals surface area contributed by atoms with Gasteiger partial charge in [-0.05, 0) is 19.1 Å². The summed E-state index contributed by atoms with van der Waals surface area (Å²) in [5, 5.41) is 18.6. The van der Waals surface area contributed by atoms with Crippen LogP contribution in [0.1, 0.15) is 6.92 Å². The molecule has 4 heteroatoms. The molecule has 1 heterocycles. The lowest BCUT2D eigenvalue weighted by molar-refractivity contribution is -0.104. The first-order valence-electron chi connectivity index (χ1n) is 3.80. The number of carbonyl (C=O) groups is 1. The van der Waals surface area contributed by atoms with E-state index >= 15 is 0 Å². The average molecular weight is 172 g/mol. The third-order valence-corrected chi connectivity index (χ3v) is 1.92. The molecular weight excluding hydrogens is 160 g/mol. The number of hydrogen-bond donors (Lipinski definition) is 2. The van der Waals surface area contributed by atoms with Crippen LogP contribution in [0.4, 0.5) is 0 Å². The molecule has 0 spiro atoms. The van der Waals surface area contributed by atoms with Gasteiger partial charge >= 0.3 is 0 Å². The van der Waals surface area contributed by atoms with Gasteiger partial charge in [-0.3, -0.25) is 4.79 Å². The third-order valence-electron chi connectivity index (χ3n) is 1.92. The number of aliphatic hydroxyl groups is 2. The van der Waals surface area contributed by atoms with Gasteiger partial charge in [0.1, 0.15) is 24.6 Å². The number of hydrogen-bond acceptors (Lipinski definition) is 4. The summed E-state index contributed by atoms with van der Waals surface area (Å²) in [6.45, 7) is 1.67. The van der Waals surface area contributed by atoms with Gasteiger partial charge in [-0.25, -0.2) is 0 Å². The Balaban J connectivity index is 2.58. The van der Waals surface area contributed by atoms with E-state index in [0.717, 1.165) is 0 Å². The van der Waals surface area contributed by atoms with Crippen molar-refractivity contribution < 1.29 is 19.7 Å². The Morgan fingerprint density at radius 2 is 2.00 bits per heavy atom. The van der Waals surface area contributed by atoms with Gasteiger partial charge in [0, 0.05) is 0 Å². The van der Waals surface area contributed by atoms with E-state index in [1.54, 1.807) is 6.92 Å². The molecule has 1 aliphatic heterocycles. The molecule has 0 aliphatic carbocycles. The fourth-order valence-corrected chi connectivity index (χ4v) is 1.19. The molecule has 0 aromatic carbocycles. The van der Waals surface area contributed by atoms with Gasteiger partial charge in [0.25, 0.3) is 0 Å². The van der Waals surface area contributed by atoms with Crippen LogP contribution in [0.2, 0.25) is 0 Å². The molecule has 0 saturated carbocycles. The maximum Gasteiger partial charge on any atom is 0.142 e. The molecule has 0 radical (unpaired) electrons. The predicted octanol–water partition coefficient (Wildman–Crippen LogP) is -0.749. The minimum Gasteiger partial charge on any atom is -0.388 e. The number of aldehydes is 1. The van der Waals surface area contributed by atoms with Gasteiger partial charge in [-0.2, -0.15) is 0 Å². The normalized spacial score (nSPS) is 42.2. The van der Waals surface area contributed by atoms with Crippen molar-refractivity contribution in [2.75, 3.05) is 0 Å². The van der Waals surface area contributed by atoms with Crippen LogP contribution in [0.5, 0.6) is 0 Å². The summed E-state index contributed by atoms with van der Waals surface area (Å²) in [5.74, 6) is 0. The lowest BCUT2D eigenvalue weighted by Gasteiger charge is -2.09. The minimum atomic E-state index is -0.934. The summed E-state index contributed by atoms with van der Waals surface area (Å²) < 4.78 is 5.14. The monoisotopic (exact) mass is 172 g/mol. The zero-order chi connectivity index (χ0) is 9.14. The second-order valence-corrected chi connectivity index (χ2v) is 2.81. The zero-order valence-corrected chi connectivity index (χ0v) is 6.75. The highest BCUT2D eigenvalue weighted by Crippen LogP contribution is 2.21. The fraction of sp³-hybridized carbons (Fsp3) is 0.625. The Kier molecular flexibility index (Phi) is 2.97. The number of aliphatic hydroxyl groups excluding tert-OH is 2. The highest BCUT2D eigenvalue weighted by molar-refractivity contribution is 5.64. The Bertz CT molecular complexity index is 189. The van der Waals surface area contributed by atoms with Crippen molar-refractivity contribution in [1.82, 2.24) is 0 Å². The number of carbonyl (C=O) groups excluding carboxylic acids is 1. The standard InChI is InChI=1S/C8H12O4/c1-5-7(10)8(11)6(12-5)3-2-4-9/h2-8,10-11H,1H3/b3-2+/t5-,6+,7?,8-/m0/s1. The number of ether oxygens (including phenoxy) is 1. The van der Waals surface area contributed by atoms with Gasteiger partial charge in [-0.1, -0.05) is 0 Å². The molecule has 1 fully saturated rings. The third kappa shape index (κ3) is 1.72. The van der Waals surface area contributed by atoms with Crippen molar-refractivity contribution in [2.45, 2.75) is 31.3 Å². The molecule has 1 aliphatic rings. The van der Waals surface area contributed by atoms with E-state index in [-0.39, 0.29) is 6.10 Å². The van der Waals surface area contributed by atoms with Crippen molar-refractivity contribution in [3.05, 3.63) is 12.2 Å². The smallest absolute Gasteiger partial charge is 0.142 e. The quantitative estimate of drug-likeness (QED) is 0.425. The van der Waals surface area contributed by atoms with Gasteiger partial charge in [0.15, 0.2) is 0 Å². The van der Waals surface area contributed by atoms with Crippen LogP contribution in [0.25, 0.3) is 0 Å². The van der Waals surface area contributed by atoms with Gasteiger partial charge < -0.3 is 14.9 Å². The van der Waals surface area contributed by atoms with E-state index in [4.69, 9.17) is 4.74 Å². The van der Waals surface area contributed by atoms with E-state index in [1.165, 1.54) is 12.2 Å². The Morgan fingerprint density at radius 1 is 1.33 bits per heavy atom. The minimum absolute atomic E-state index is 0.388. The highest BCUT2D eigenvalue weighted by Gasteiger charge is 2.38. The highest BCUT2D eigenvalue weighted by atomic mass is 16.5. The number of rotatable bonds is 2. The molecule has 0 amide bonds. The first kappa shape index (κ1) is 9.38. The first-order chi connectivity index (χ1) is 5.66. The Morgan fingerprint density at radius 3 is 2.42 bits per heavy atom. The van der Waals surface area contributed by atoms with E-state index in [9.17, 15) is 15.0 Å². The predicted molar refractivity (Wildman–Crippen MR) is 41.6 cm³/mol. The van der Waals surface area contributed by atoms with Crippen LogP contribution in [-0.4, -0.2) is 40.9 Å². The summed E-state index contributed by atoms with van der Waals surface area (Å²) in [4.78, 5) is 9.94. The molecule has 0 aromatic heterocycles. The number of allylic oxidation sites excluding steroid dienone is 1.